The molecule has 2 aromatic rings. The molecule has 0 spiro atoms. The molecule has 0 unspecified atom stereocenters. The van der Waals surface area contributed by atoms with Crippen molar-refractivity contribution in [3.63, 3.8) is 0 Å². The lowest BCUT2D eigenvalue weighted by atomic mass is 10.2. The number of nitrogens with zero attached hydrogens (tertiary/aromatic N) is 1. The number of hydrogen-bond acceptors (Lipinski definition) is 7. The monoisotopic (exact) mass is 486 g/mol. The highest BCUT2D eigenvalue weighted by molar-refractivity contribution is 8.26. The Labute approximate surface area is 200 Å². The van der Waals surface area contributed by atoms with Crippen molar-refractivity contribution in [1.29, 1.82) is 0 Å². The molecule has 0 radical (unpaired) electrons. The predicted molar refractivity (Wildman–Crippen MR) is 133 cm³/mol. The van der Waals surface area contributed by atoms with E-state index in [1.165, 1.54) is 22.2 Å². The summed E-state index contributed by atoms with van der Waals surface area (Å²) < 4.78 is 11.2. The SMILES string of the molecule is O=C(CSCCc1ccccc1)NCCN1C(=O)/C(=C/c2ccc3c(c2)OCO3)SC1=S. The number of ether oxygens (including phenoxy) is 2. The number of nitrogens with one attached hydrogen (secondary N) is 1. The van der Waals surface area contributed by atoms with Crippen LogP contribution in [0.5, 0.6) is 11.5 Å². The van der Waals surface area contributed by atoms with Crippen molar-refractivity contribution < 1.29 is 19.1 Å². The molecule has 0 aromatic heterocycles. The molecule has 2 heterocycles. The van der Waals surface area contributed by atoms with Crippen LogP contribution in [0.3, 0.4) is 0 Å². The van der Waals surface area contributed by atoms with Gasteiger partial charge in [-0.15, -0.1) is 0 Å². The Balaban J connectivity index is 1.20. The molecule has 2 amide bonds. The quantitative estimate of drug-likeness (QED) is 0.329. The van der Waals surface area contributed by atoms with Crippen LogP contribution in [0.4, 0.5) is 0 Å². The molecule has 2 aliphatic heterocycles. The van der Waals surface area contributed by atoms with Gasteiger partial charge in [0.2, 0.25) is 12.7 Å². The maximum atomic E-state index is 12.8. The maximum absolute atomic E-state index is 12.8. The van der Waals surface area contributed by atoms with Crippen molar-refractivity contribution in [1.82, 2.24) is 10.2 Å². The fourth-order valence-corrected chi connectivity index (χ4v) is 5.33. The van der Waals surface area contributed by atoms with Gasteiger partial charge in [0.15, 0.2) is 11.5 Å². The zero-order valence-corrected chi connectivity index (χ0v) is 19.7. The highest BCUT2D eigenvalue weighted by atomic mass is 32.2. The lowest BCUT2D eigenvalue weighted by Crippen LogP contribution is -2.37. The van der Waals surface area contributed by atoms with Gasteiger partial charge in [0.1, 0.15) is 4.32 Å². The third-order valence-corrected chi connectivity index (χ3v) is 7.17. The second-order valence-corrected chi connectivity index (χ2v) is 9.87. The van der Waals surface area contributed by atoms with E-state index in [-0.39, 0.29) is 18.6 Å². The van der Waals surface area contributed by atoms with Gasteiger partial charge in [0, 0.05) is 13.1 Å². The molecule has 166 valence electrons. The van der Waals surface area contributed by atoms with Gasteiger partial charge in [-0.05, 0) is 41.5 Å². The average Bonchev–Trinajstić information content (AvgIpc) is 3.37. The summed E-state index contributed by atoms with van der Waals surface area (Å²) in [6, 6.07) is 15.7. The minimum Gasteiger partial charge on any atom is -0.454 e. The number of hydrogen-bond donors (Lipinski definition) is 1. The molecular weight excluding hydrogens is 464 g/mol. The van der Waals surface area contributed by atoms with Crippen LogP contribution in [0.1, 0.15) is 11.1 Å². The third-order valence-electron chi connectivity index (χ3n) is 4.84. The minimum absolute atomic E-state index is 0.0376. The molecule has 6 nitrogen and oxygen atoms in total. The Morgan fingerprint density at radius 2 is 2.00 bits per heavy atom. The largest absolute Gasteiger partial charge is 0.454 e. The Morgan fingerprint density at radius 1 is 1.19 bits per heavy atom. The molecule has 32 heavy (non-hydrogen) atoms. The predicted octanol–water partition coefficient (Wildman–Crippen LogP) is 3.71. The summed E-state index contributed by atoms with van der Waals surface area (Å²) in [4.78, 5) is 26.9. The van der Waals surface area contributed by atoms with Crippen LogP contribution in [-0.2, 0) is 16.0 Å². The van der Waals surface area contributed by atoms with Crippen molar-refractivity contribution in [2.24, 2.45) is 0 Å². The second kappa shape index (κ2) is 10.9. The van der Waals surface area contributed by atoms with Crippen LogP contribution >= 0.6 is 35.7 Å². The van der Waals surface area contributed by atoms with Gasteiger partial charge in [-0.2, -0.15) is 11.8 Å². The van der Waals surface area contributed by atoms with Crippen LogP contribution in [0.15, 0.2) is 53.4 Å². The van der Waals surface area contributed by atoms with Crippen molar-refractivity contribution in [2.75, 3.05) is 31.4 Å². The molecule has 1 fully saturated rings. The van der Waals surface area contributed by atoms with Crippen LogP contribution in [0, 0.1) is 0 Å². The van der Waals surface area contributed by atoms with Gasteiger partial charge >= 0.3 is 0 Å². The smallest absolute Gasteiger partial charge is 0.266 e. The fraction of sp³-hybridized carbons (Fsp3) is 0.261. The molecular formula is C23H22N2O4S3. The lowest BCUT2D eigenvalue weighted by molar-refractivity contribution is -0.123. The van der Waals surface area contributed by atoms with Gasteiger partial charge < -0.3 is 14.8 Å². The number of carbonyl (C=O) groups is 2. The molecule has 0 atom stereocenters. The van der Waals surface area contributed by atoms with E-state index in [0.29, 0.717) is 39.6 Å². The number of thioether (sulfide) groups is 2. The second-order valence-electron chi connectivity index (χ2n) is 7.08. The highest BCUT2D eigenvalue weighted by Crippen LogP contribution is 2.36. The number of aryl methyl sites for hydroxylation is 1. The number of fused-ring (bicyclic) bond motifs is 1. The Morgan fingerprint density at radius 3 is 2.84 bits per heavy atom. The topological polar surface area (TPSA) is 67.9 Å². The van der Waals surface area contributed by atoms with Gasteiger partial charge in [-0.1, -0.05) is 60.4 Å². The van der Waals surface area contributed by atoms with Gasteiger partial charge in [0.05, 0.1) is 10.7 Å². The Kier molecular flexibility index (Phi) is 7.72. The average molecular weight is 487 g/mol. The van der Waals surface area contributed by atoms with E-state index in [1.807, 2.05) is 36.4 Å². The zero-order valence-electron chi connectivity index (χ0n) is 17.2. The van der Waals surface area contributed by atoms with Crippen molar-refractivity contribution >= 4 is 58.0 Å². The number of thiocarbonyl (C=S) groups is 1. The van der Waals surface area contributed by atoms with Gasteiger partial charge in [-0.3, -0.25) is 14.5 Å². The molecule has 4 rings (SSSR count). The van der Waals surface area contributed by atoms with Crippen LogP contribution < -0.4 is 14.8 Å². The van der Waals surface area contributed by atoms with Crippen molar-refractivity contribution in [3.8, 4) is 11.5 Å². The standard InChI is InChI=1S/C23H22N2O4S3/c26-21(14-31-11-8-16-4-2-1-3-5-16)24-9-10-25-22(27)20(32-23(25)30)13-17-6-7-18-19(12-17)29-15-28-18/h1-7,12-13H,8-11,14-15H2,(H,24,26)/b20-13-. The fourth-order valence-electron chi connectivity index (χ4n) is 3.20. The summed E-state index contributed by atoms with van der Waals surface area (Å²) in [6.45, 7) is 0.920. The van der Waals surface area contributed by atoms with E-state index in [1.54, 1.807) is 17.8 Å². The van der Waals surface area contributed by atoms with Crippen molar-refractivity contribution in [2.45, 2.75) is 6.42 Å². The summed E-state index contributed by atoms with van der Waals surface area (Å²) in [6.07, 6.45) is 2.73. The summed E-state index contributed by atoms with van der Waals surface area (Å²) in [5, 5.41) is 2.87. The molecule has 9 heteroatoms. The van der Waals surface area contributed by atoms with E-state index in [4.69, 9.17) is 21.7 Å². The van der Waals surface area contributed by atoms with Gasteiger partial charge in [-0.25, -0.2) is 0 Å². The van der Waals surface area contributed by atoms with Crippen molar-refractivity contribution in [3.05, 3.63) is 64.6 Å². The molecule has 0 aliphatic carbocycles. The molecule has 1 saturated heterocycles. The van der Waals surface area contributed by atoms with E-state index in [9.17, 15) is 9.59 Å². The maximum Gasteiger partial charge on any atom is 0.266 e. The van der Waals surface area contributed by atoms with Gasteiger partial charge in [0.25, 0.3) is 5.91 Å². The van der Waals surface area contributed by atoms with E-state index < -0.39 is 0 Å². The molecule has 1 N–H and O–H groups in total. The first-order chi connectivity index (χ1) is 15.6. The van der Waals surface area contributed by atoms with Crippen LogP contribution in [-0.4, -0.2) is 52.4 Å². The van der Waals surface area contributed by atoms with E-state index in [0.717, 1.165) is 17.7 Å². The molecule has 0 bridgehead atoms. The normalized spacial score (nSPS) is 16.1. The number of carbonyl (C=O) groups excluding carboxylic acids is 2. The molecule has 2 aromatic carbocycles. The summed E-state index contributed by atoms with van der Waals surface area (Å²) in [5.41, 5.74) is 2.11. The first kappa shape index (κ1) is 22.7. The molecule has 2 aliphatic rings. The van der Waals surface area contributed by atoms with Crippen LogP contribution in [0.25, 0.3) is 6.08 Å². The Hall–Kier alpha value is -2.49. The zero-order chi connectivity index (χ0) is 22.3. The van der Waals surface area contributed by atoms with E-state index in [2.05, 4.69) is 17.4 Å². The van der Waals surface area contributed by atoms with E-state index >= 15 is 0 Å². The highest BCUT2D eigenvalue weighted by Gasteiger charge is 2.31. The number of rotatable bonds is 9. The Bertz CT molecular complexity index is 1040. The van der Waals surface area contributed by atoms with Crippen LogP contribution in [0.2, 0.25) is 0 Å². The number of amides is 2. The third kappa shape index (κ3) is 5.85. The first-order valence-electron chi connectivity index (χ1n) is 10.1. The number of benzene rings is 2. The minimum atomic E-state index is -0.149. The summed E-state index contributed by atoms with van der Waals surface area (Å²) in [5.74, 6) is 2.46. The summed E-state index contributed by atoms with van der Waals surface area (Å²) in [7, 11) is 0. The first-order valence-corrected chi connectivity index (χ1v) is 12.5. The summed E-state index contributed by atoms with van der Waals surface area (Å²) >= 11 is 8.23. The lowest BCUT2D eigenvalue weighted by Gasteiger charge is -2.14. The molecule has 0 saturated carbocycles.